The first kappa shape index (κ1) is 18.9. The zero-order valence-corrected chi connectivity index (χ0v) is 15.5. The SMILES string of the molecule is COc1ccc(C(NC(=O)C=Cc2ccc(Cl)c([N+](=O)[O-])c2)C2CC2)cc1. The van der Waals surface area contributed by atoms with Crippen LogP contribution in [0.15, 0.2) is 48.5 Å². The van der Waals surface area contributed by atoms with Crippen LogP contribution in [0.2, 0.25) is 5.02 Å². The maximum absolute atomic E-state index is 12.4. The van der Waals surface area contributed by atoms with Crippen LogP contribution in [0.5, 0.6) is 5.75 Å². The summed E-state index contributed by atoms with van der Waals surface area (Å²) >= 11 is 5.80. The third-order valence-electron chi connectivity index (χ3n) is 4.46. The van der Waals surface area contributed by atoms with Gasteiger partial charge < -0.3 is 10.1 Å². The average molecular weight is 387 g/mol. The maximum atomic E-state index is 12.4. The first-order valence-electron chi connectivity index (χ1n) is 8.54. The predicted molar refractivity (Wildman–Crippen MR) is 104 cm³/mol. The van der Waals surface area contributed by atoms with Crippen LogP contribution >= 0.6 is 11.6 Å². The number of hydrogen-bond acceptors (Lipinski definition) is 4. The maximum Gasteiger partial charge on any atom is 0.288 e. The molecule has 1 fully saturated rings. The largest absolute Gasteiger partial charge is 0.497 e. The molecule has 1 amide bonds. The van der Waals surface area contributed by atoms with Crippen LogP contribution in [-0.2, 0) is 4.79 Å². The highest BCUT2D eigenvalue weighted by Crippen LogP contribution is 2.41. The lowest BCUT2D eigenvalue weighted by atomic mass is 10.0. The van der Waals surface area contributed by atoms with Crippen molar-refractivity contribution in [1.29, 1.82) is 0 Å². The van der Waals surface area contributed by atoms with Gasteiger partial charge in [0, 0.05) is 12.1 Å². The molecule has 2 aromatic carbocycles. The van der Waals surface area contributed by atoms with Crippen molar-refractivity contribution in [3.05, 3.63) is 74.8 Å². The normalized spacial score (nSPS) is 14.7. The van der Waals surface area contributed by atoms with E-state index in [0.29, 0.717) is 11.5 Å². The van der Waals surface area contributed by atoms with Crippen LogP contribution in [0.3, 0.4) is 0 Å². The molecule has 0 bridgehead atoms. The van der Waals surface area contributed by atoms with Crippen LogP contribution < -0.4 is 10.1 Å². The van der Waals surface area contributed by atoms with Gasteiger partial charge in [-0.3, -0.25) is 14.9 Å². The van der Waals surface area contributed by atoms with E-state index < -0.39 is 4.92 Å². The van der Waals surface area contributed by atoms with E-state index in [-0.39, 0.29) is 22.7 Å². The number of nitro benzene ring substituents is 1. The molecular weight excluding hydrogens is 368 g/mol. The van der Waals surface area contributed by atoms with Gasteiger partial charge in [0.1, 0.15) is 10.8 Å². The number of nitrogens with one attached hydrogen (secondary N) is 1. The number of carbonyl (C=O) groups is 1. The topological polar surface area (TPSA) is 81.5 Å². The van der Waals surface area contributed by atoms with Crippen molar-refractivity contribution in [1.82, 2.24) is 5.32 Å². The van der Waals surface area contributed by atoms with E-state index in [2.05, 4.69) is 5.32 Å². The molecule has 1 N–H and O–H groups in total. The third kappa shape index (κ3) is 4.86. The number of methoxy groups -OCH3 is 1. The monoisotopic (exact) mass is 386 g/mol. The van der Waals surface area contributed by atoms with Crippen LogP contribution in [0.4, 0.5) is 5.69 Å². The van der Waals surface area contributed by atoms with Gasteiger partial charge in [-0.05, 0) is 54.2 Å². The number of nitro groups is 1. The summed E-state index contributed by atoms with van der Waals surface area (Å²) in [5.74, 6) is 0.941. The van der Waals surface area contributed by atoms with Gasteiger partial charge >= 0.3 is 0 Å². The fourth-order valence-electron chi connectivity index (χ4n) is 2.86. The molecule has 1 unspecified atom stereocenters. The number of nitrogens with zero attached hydrogens (tertiary/aromatic N) is 1. The van der Waals surface area contributed by atoms with E-state index >= 15 is 0 Å². The Balaban J connectivity index is 1.70. The highest BCUT2D eigenvalue weighted by molar-refractivity contribution is 6.32. The van der Waals surface area contributed by atoms with E-state index in [9.17, 15) is 14.9 Å². The Kier molecular flexibility index (Phi) is 5.76. The second-order valence-electron chi connectivity index (χ2n) is 6.40. The summed E-state index contributed by atoms with van der Waals surface area (Å²) in [4.78, 5) is 22.8. The number of halogens is 1. The summed E-state index contributed by atoms with van der Waals surface area (Å²) in [6, 6.07) is 12.0. The van der Waals surface area contributed by atoms with Crippen molar-refractivity contribution in [2.24, 2.45) is 5.92 Å². The van der Waals surface area contributed by atoms with E-state index in [0.717, 1.165) is 24.2 Å². The van der Waals surface area contributed by atoms with Gasteiger partial charge in [0.15, 0.2) is 0 Å². The fraction of sp³-hybridized carbons (Fsp3) is 0.250. The lowest BCUT2D eigenvalue weighted by molar-refractivity contribution is -0.384. The van der Waals surface area contributed by atoms with Gasteiger partial charge in [0.05, 0.1) is 18.1 Å². The van der Waals surface area contributed by atoms with Crippen molar-refractivity contribution in [2.75, 3.05) is 7.11 Å². The quantitative estimate of drug-likeness (QED) is 0.430. The third-order valence-corrected chi connectivity index (χ3v) is 4.78. The van der Waals surface area contributed by atoms with E-state index in [4.69, 9.17) is 16.3 Å². The fourth-order valence-corrected chi connectivity index (χ4v) is 3.05. The summed E-state index contributed by atoms with van der Waals surface area (Å²) in [6.07, 6.45) is 5.07. The van der Waals surface area contributed by atoms with Crippen molar-refractivity contribution < 1.29 is 14.5 Å². The minimum Gasteiger partial charge on any atom is -0.497 e. The molecule has 27 heavy (non-hydrogen) atoms. The number of benzene rings is 2. The summed E-state index contributed by atoms with van der Waals surface area (Å²) in [5.41, 5.74) is 1.38. The number of rotatable bonds is 7. The predicted octanol–water partition coefficient (Wildman–Crippen LogP) is 4.54. The molecule has 0 radical (unpaired) electrons. The molecule has 0 heterocycles. The second-order valence-corrected chi connectivity index (χ2v) is 6.81. The highest BCUT2D eigenvalue weighted by Gasteiger charge is 2.33. The summed E-state index contributed by atoms with van der Waals surface area (Å²) < 4.78 is 5.17. The van der Waals surface area contributed by atoms with E-state index in [1.54, 1.807) is 13.2 Å². The standard InChI is InChI=1S/C20H19ClN2O4/c1-27-16-8-6-15(7-9-16)20(14-4-5-14)22-19(24)11-3-13-2-10-17(21)18(12-13)23(25)26/h2-3,6-12,14,20H,4-5H2,1H3,(H,22,24). The Bertz CT molecular complexity index is 876. The lowest BCUT2D eigenvalue weighted by Gasteiger charge is -2.18. The minimum absolute atomic E-state index is 0.0624. The van der Waals surface area contributed by atoms with Crippen molar-refractivity contribution in [3.8, 4) is 5.75 Å². The van der Waals surface area contributed by atoms with Gasteiger partial charge in [-0.2, -0.15) is 0 Å². The molecule has 0 aliphatic heterocycles. The van der Waals surface area contributed by atoms with Crippen LogP contribution in [0, 0.1) is 16.0 Å². The molecule has 140 valence electrons. The molecule has 1 atom stereocenters. The first-order valence-corrected chi connectivity index (χ1v) is 8.92. The molecule has 2 aromatic rings. The van der Waals surface area contributed by atoms with Gasteiger partial charge in [0.25, 0.3) is 5.69 Å². The molecule has 1 aliphatic carbocycles. The average Bonchev–Trinajstić information content (AvgIpc) is 3.50. The number of carbonyl (C=O) groups excluding carboxylic acids is 1. The minimum atomic E-state index is -0.549. The summed E-state index contributed by atoms with van der Waals surface area (Å²) in [7, 11) is 1.61. The molecule has 0 saturated heterocycles. The molecule has 0 spiro atoms. The lowest BCUT2D eigenvalue weighted by Crippen LogP contribution is -2.28. The zero-order valence-electron chi connectivity index (χ0n) is 14.7. The van der Waals surface area contributed by atoms with Gasteiger partial charge in [-0.1, -0.05) is 29.8 Å². The Morgan fingerprint density at radius 2 is 2.00 bits per heavy atom. The van der Waals surface area contributed by atoms with Gasteiger partial charge in [-0.25, -0.2) is 0 Å². The van der Waals surface area contributed by atoms with Gasteiger partial charge in [0.2, 0.25) is 5.91 Å². The summed E-state index contributed by atoms with van der Waals surface area (Å²) in [6.45, 7) is 0. The smallest absolute Gasteiger partial charge is 0.288 e. The molecule has 6 nitrogen and oxygen atoms in total. The van der Waals surface area contributed by atoms with Crippen molar-refractivity contribution in [2.45, 2.75) is 18.9 Å². The van der Waals surface area contributed by atoms with Crippen molar-refractivity contribution in [3.63, 3.8) is 0 Å². The van der Waals surface area contributed by atoms with E-state index in [1.807, 2.05) is 24.3 Å². The Morgan fingerprint density at radius 1 is 1.30 bits per heavy atom. The van der Waals surface area contributed by atoms with Crippen LogP contribution in [0.1, 0.15) is 30.0 Å². The molecule has 7 heteroatoms. The van der Waals surface area contributed by atoms with Crippen molar-refractivity contribution >= 4 is 29.3 Å². The highest BCUT2D eigenvalue weighted by atomic mass is 35.5. The number of amides is 1. The van der Waals surface area contributed by atoms with Gasteiger partial charge in [-0.15, -0.1) is 0 Å². The molecule has 1 aliphatic rings. The Morgan fingerprint density at radius 3 is 2.59 bits per heavy atom. The number of ether oxygens (including phenoxy) is 1. The Hall–Kier alpha value is -2.86. The number of hydrogen-bond donors (Lipinski definition) is 1. The Labute approximate surface area is 161 Å². The van der Waals surface area contributed by atoms with Crippen LogP contribution in [0.25, 0.3) is 6.08 Å². The molecule has 0 aromatic heterocycles. The van der Waals surface area contributed by atoms with E-state index in [1.165, 1.54) is 24.3 Å². The molecular formula is C20H19ClN2O4. The summed E-state index contributed by atoms with van der Waals surface area (Å²) in [5, 5.41) is 14.0. The second kappa shape index (κ2) is 8.22. The molecule has 1 saturated carbocycles. The van der Waals surface area contributed by atoms with Crippen LogP contribution in [-0.4, -0.2) is 17.9 Å². The zero-order chi connectivity index (χ0) is 19.4. The first-order chi connectivity index (χ1) is 13.0. The molecule has 3 rings (SSSR count).